The molecule has 0 aliphatic carbocycles. The largest absolute Gasteiger partial charge is 0.322 e. The molecule has 0 aliphatic heterocycles. The monoisotopic (exact) mass is 154 g/mol. The van der Waals surface area contributed by atoms with Gasteiger partial charge in [0, 0.05) is 17.3 Å². The van der Waals surface area contributed by atoms with Gasteiger partial charge in [-0.1, -0.05) is 0 Å². The predicted molar refractivity (Wildman–Crippen MR) is 41.4 cm³/mol. The van der Waals surface area contributed by atoms with Crippen molar-refractivity contribution in [3.63, 3.8) is 0 Å². The van der Waals surface area contributed by atoms with E-state index in [1.807, 2.05) is 0 Å². The lowest BCUT2D eigenvalue weighted by Crippen LogP contribution is -2.29. The summed E-state index contributed by atoms with van der Waals surface area (Å²) in [7, 11) is 0. The Morgan fingerprint density at radius 2 is 2.18 bits per heavy atom. The predicted octanol–water partition coefficient (Wildman–Crippen LogP) is 1.41. The first-order valence-corrected chi connectivity index (χ1v) is 3.40. The van der Waals surface area contributed by atoms with Crippen LogP contribution in [0.1, 0.15) is 19.4 Å². The summed E-state index contributed by atoms with van der Waals surface area (Å²) in [6.07, 6.45) is 2.71. The molecule has 1 aromatic heterocycles. The lowest BCUT2D eigenvalue weighted by molar-refractivity contribution is 0.498. The molecule has 0 amide bonds. The summed E-state index contributed by atoms with van der Waals surface area (Å²) in [4.78, 5) is 3.63. The van der Waals surface area contributed by atoms with E-state index in [1.165, 1.54) is 12.4 Å². The fourth-order valence-corrected chi connectivity index (χ4v) is 0.898. The molecule has 0 unspecified atom stereocenters. The molecule has 0 radical (unpaired) electrons. The quantitative estimate of drug-likeness (QED) is 0.664. The number of nitrogens with two attached hydrogens (primary N) is 1. The highest BCUT2D eigenvalue weighted by atomic mass is 19.1. The Morgan fingerprint density at radius 1 is 1.55 bits per heavy atom. The number of halogens is 1. The van der Waals surface area contributed by atoms with Gasteiger partial charge in [-0.15, -0.1) is 0 Å². The van der Waals surface area contributed by atoms with E-state index in [4.69, 9.17) is 5.73 Å². The van der Waals surface area contributed by atoms with Gasteiger partial charge in [-0.3, -0.25) is 4.98 Å². The van der Waals surface area contributed by atoms with Crippen LogP contribution in [0.15, 0.2) is 18.5 Å². The molecule has 1 rings (SSSR count). The second kappa shape index (κ2) is 2.58. The number of pyridine rings is 1. The lowest BCUT2D eigenvalue weighted by atomic mass is 9.97. The van der Waals surface area contributed by atoms with Crippen molar-refractivity contribution in [3.05, 3.63) is 29.8 Å². The maximum absolute atomic E-state index is 12.9. The maximum Gasteiger partial charge on any atom is 0.146 e. The summed E-state index contributed by atoms with van der Waals surface area (Å²) >= 11 is 0. The molecule has 0 aromatic carbocycles. The zero-order valence-corrected chi connectivity index (χ0v) is 6.63. The highest BCUT2D eigenvalue weighted by Crippen LogP contribution is 2.18. The van der Waals surface area contributed by atoms with E-state index in [1.54, 1.807) is 19.9 Å². The molecule has 0 bridgehead atoms. The Labute approximate surface area is 65.3 Å². The average Bonchev–Trinajstić information content (AvgIpc) is 1.86. The van der Waals surface area contributed by atoms with E-state index in [2.05, 4.69) is 4.98 Å². The van der Waals surface area contributed by atoms with Gasteiger partial charge >= 0.3 is 0 Å². The van der Waals surface area contributed by atoms with Gasteiger partial charge in [0.15, 0.2) is 0 Å². The van der Waals surface area contributed by atoms with Crippen molar-refractivity contribution in [3.8, 4) is 0 Å². The first kappa shape index (κ1) is 8.14. The number of hydrogen-bond donors (Lipinski definition) is 1. The summed E-state index contributed by atoms with van der Waals surface area (Å²) in [6.45, 7) is 3.51. The molecule has 2 nitrogen and oxygen atoms in total. The van der Waals surface area contributed by atoms with E-state index in [-0.39, 0.29) is 5.82 Å². The Morgan fingerprint density at radius 3 is 2.55 bits per heavy atom. The summed E-state index contributed by atoms with van der Waals surface area (Å²) in [5.41, 5.74) is 5.55. The SMILES string of the molecule is CC(C)(N)c1ccncc1F. The molecule has 60 valence electrons. The van der Waals surface area contributed by atoms with Crippen LogP contribution in [0.25, 0.3) is 0 Å². The van der Waals surface area contributed by atoms with Crippen molar-refractivity contribution in [2.75, 3.05) is 0 Å². The fraction of sp³-hybridized carbons (Fsp3) is 0.375. The Hall–Kier alpha value is -0.960. The number of hydrogen-bond acceptors (Lipinski definition) is 2. The van der Waals surface area contributed by atoms with Crippen molar-refractivity contribution in [1.29, 1.82) is 0 Å². The van der Waals surface area contributed by atoms with Crippen LogP contribution in [-0.4, -0.2) is 4.98 Å². The highest BCUT2D eigenvalue weighted by Gasteiger charge is 2.17. The van der Waals surface area contributed by atoms with Gasteiger partial charge < -0.3 is 5.73 Å². The van der Waals surface area contributed by atoms with Crippen molar-refractivity contribution >= 4 is 0 Å². The molecule has 0 saturated carbocycles. The van der Waals surface area contributed by atoms with Gasteiger partial charge in [0.2, 0.25) is 0 Å². The van der Waals surface area contributed by atoms with Gasteiger partial charge in [0.25, 0.3) is 0 Å². The van der Waals surface area contributed by atoms with E-state index in [0.29, 0.717) is 5.56 Å². The number of rotatable bonds is 1. The number of nitrogens with zero attached hydrogens (tertiary/aromatic N) is 1. The van der Waals surface area contributed by atoms with E-state index in [0.717, 1.165) is 0 Å². The van der Waals surface area contributed by atoms with Gasteiger partial charge in [-0.25, -0.2) is 4.39 Å². The van der Waals surface area contributed by atoms with Crippen molar-refractivity contribution in [2.45, 2.75) is 19.4 Å². The van der Waals surface area contributed by atoms with Gasteiger partial charge in [-0.2, -0.15) is 0 Å². The summed E-state index contributed by atoms with van der Waals surface area (Å²) in [5.74, 6) is -0.347. The molecule has 0 aliphatic rings. The second-order valence-corrected chi connectivity index (χ2v) is 3.08. The summed E-state index contributed by atoms with van der Waals surface area (Å²) < 4.78 is 12.9. The third-order valence-corrected chi connectivity index (χ3v) is 1.47. The average molecular weight is 154 g/mol. The number of aromatic nitrogens is 1. The smallest absolute Gasteiger partial charge is 0.146 e. The Bertz CT molecular complexity index is 253. The molecular weight excluding hydrogens is 143 g/mol. The van der Waals surface area contributed by atoms with Crippen molar-refractivity contribution in [1.82, 2.24) is 4.98 Å². The fourth-order valence-electron chi connectivity index (χ4n) is 0.898. The van der Waals surface area contributed by atoms with Gasteiger partial charge in [0.05, 0.1) is 6.20 Å². The van der Waals surface area contributed by atoms with Crippen LogP contribution in [0.5, 0.6) is 0 Å². The third-order valence-electron chi connectivity index (χ3n) is 1.47. The summed E-state index contributed by atoms with van der Waals surface area (Å²) in [5, 5.41) is 0. The molecule has 1 aromatic rings. The van der Waals surface area contributed by atoms with Crippen LogP contribution in [0.4, 0.5) is 4.39 Å². The molecule has 0 fully saturated rings. The zero-order chi connectivity index (χ0) is 8.48. The minimum atomic E-state index is -0.632. The molecule has 3 heteroatoms. The lowest BCUT2D eigenvalue weighted by Gasteiger charge is -2.18. The minimum absolute atomic E-state index is 0.347. The first-order valence-electron chi connectivity index (χ1n) is 3.40. The van der Waals surface area contributed by atoms with E-state index >= 15 is 0 Å². The van der Waals surface area contributed by atoms with Crippen LogP contribution in [0, 0.1) is 5.82 Å². The Balaban J connectivity index is 3.14. The minimum Gasteiger partial charge on any atom is -0.322 e. The topological polar surface area (TPSA) is 38.9 Å². The normalized spacial score (nSPS) is 11.6. The second-order valence-electron chi connectivity index (χ2n) is 3.08. The van der Waals surface area contributed by atoms with E-state index in [9.17, 15) is 4.39 Å². The van der Waals surface area contributed by atoms with Gasteiger partial charge in [0.1, 0.15) is 5.82 Å². The van der Waals surface area contributed by atoms with E-state index < -0.39 is 5.54 Å². The third kappa shape index (κ3) is 1.74. The molecular formula is C8H11FN2. The van der Waals surface area contributed by atoms with Crippen molar-refractivity contribution < 1.29 is 4.39 Å². The first-order chi connectivity index (χ1) is 5.02. The molecule has 2 N–H and O–H groups in total. The van der Waals surface area contributed by atoms with Crippen LogP contribution < -0.4 is 5.73 Å². The summed E-state index contributed by atoms with van der Waals surface area (Å²) in [6, 6.07) is 1.59. The Kier molecular flexibility index (Phi) is 1.91. The molecule has 0 saturated heterocycles. The van der Waals surface area contributed by atoms with Crippen LogP contribution in [0.3, 0.4) is 0 Å². The van der Waals surface area contributed by atoms with Crippen LogP contribution >= 0.6 is 0 Å². The van der Waals surface area contributed by atoms with Crippen LogP contribution in [-0.2, 0) is 5.54 Å². The maximum atomic E-state index is 12.9. The van der Waals surface area contributed by atoms with Crippen molar-refractivity contribution in [2.24, 2.45) is 5.73 Å². The van der Waals surface area contributed by atoms with Crippen LogP contribution in [0.2, 0.25) is 0 Å². The van der Waals surface area contributed by atoms with Gasteiger partial charge in [-0.05, 0) is 19.9 Å². The zero-order valence-electron chi connectivity index (χ0n) is 6.63. The molecule has 0 spiro atoms. The molecule has 0 atom stereocenters. The molecule has 11 heavy (non-hydrogen) atoms. The molecule has 1 heterocycles. The highest BCUT2D eigenvalue weighted by molar-refractivity contribution is 5.20. The standard InChI is InChI=1S/C8H11FN2/c1-8(2,10)6-3-4-11-5-7(6)9/h3-5H,10H2,1-2H3.